The molecule has 1 amide bonds. The SMILES string of the molecule is CNc1ccc(Oc2ccc(NC(=O)c3ccc(F)c(F)c3F)cn2)c(OC)c1. The Morgan fingerprint density at radius 2 is 1.72 bits per heavy atom. The van der Waals surface area contributed by atoms with E-state index in [1.165, 1.54) is 25.4 Å². The number of methoxy groups -OCH3 is 1. The monoisotopic (exact) mass is 403 g/mol. The topological polar surface area (TPSA) is 72.5 Å². The van der Waals surface area contributed by atoms with Crippen LogP contribution in [-0.4, -0.2) is 25.0 Å². The molecular weight excluding hydrogens is 387 g/mol. The number of amides is 1. The maximum Gasteiger partial charge on any atom is 0.258 e. The fourth-order valence-corrected chi connectivity index (χ4v) is 2.43. The van der Waals surface area contributed by atoms with Crippen LogP contribution in [0.3, 0.4) is 0 Å². The summed E-state index contributed by atoms with van der Waals surface area (Å²) in [4.78, 5) is 16.2. The number of carbonyl (C=O) groups excluding carboxylic acids is 1. The van der Waals surface area contributed by atoms with E-state index >= 15 is 0 Å². The number of anilines is 2. The second-order valence-electron chi connectivity index (χ2n) is 5.78. The minimum Gasteiger partial charge on any atom is -0.493 e. The first-order valence-corrected chi connectivity index (χ1v) is 8.37. The molecule has 3 aromatic rings. The Morgan fingerprint density at radius 1 is 0.966 bits per heavy atom. The predicted octanol–water partition coefficient (Wildman–Crippen LogP) is 4.59. The molecule has 9 heteroatoms. The van der Waals surface area contributed by atoms with Crippen molar-refractivity contribution in [2.45, 2.75) is 0 Å². The van der Waals surface area contributed by atoms with Crippen molar-refractivity contribution in [2.75, 3.05) is 24.8 Å². The van der Waals surface area contributed by atoms with Crippen molar-refractivity contribution >= 4 is 17.3 Å². The van der Waals surface area contributed by atoms with Gasteiger partial charge in [0.05, 0.1) is 24.6 Å². The summed E-state index contributed by atoms with van der Waals surface area (Å²) in [5, 5.41) is 5.34. The van der Waals surface area contributed by atoms with Crippen molar-refractivity contribution in [1.82, 2.24) is 4.98 Å². The van der Waals surface area contributed by atoms with E-state index in [2.05, 4.69) is 15.6 Å². The van der Waals surface area contributed by atoms with Crippen LogP contribution in [0, 0.1) is 17.5 Å². The second-order valence-corrected chi connectivity index (χ2v) is 5.78. The Kier molecular flexibility index (Phi) is 5.87. The number of hydrogen-bond donors (Lipinski definition) is 2. The van der Waals surface area contributed by atoms with Gasteiger partial charge < -0.3 is 20.1 Å². The zero-order valence-corrected chi connectivity index (χ0v) is 15.4. The van der Waals surface area contributed by atoms with Gasteiger partial charge >= 0.3 is 0 Å². The molecule has 1 heterocycles. The number of nitrogens with one attached hydrogen (secondary N) is 2. The van der Waals surface area contributed by atoms with Crippen molar-refractivity contribution in [2.24, 2.45) is 0 Å². The van der Waals surface area contributed by atoms with Gasteiger partial charge in [0.25, 0.3) is 5.91 Å². The highest BCUT2D eigenvalue weighted by Crippen LogP contribution is 2.33. The Labute approximate surface area is 164 Å². The van der Waals surface area contributed by atoms with Gasteiger partial charge in [0.2, 0.25) is 5.88 Å². The molecule has 150 valence electrons. The van der Waals surface area contributed by atoms with Crippen LogP contribution in [0.5, 0.6) is 17.4 Å². The number of benzene rings is 2. The van der Waals surface area contributed by atoms with Crippen molar-refractivity contribution < 1.29 is 27.4 Å². The van der Waals surface area contributed by atoms with Gasteiger partial charge in [0.15, 0.2) is 29.0 Å². The molecule has 0 aliphatic rings. The molecule has 6 nitrogen and oxygen atoms in total. The molecule has 0 radical (unpaired) electrons. The number of rotatable bonds is 6. The van der Waals surface area contributed by atoms with Crippen LogP contribution in [0.25, 0.3) is 0 Å². The van der Waals surface area contributed by atoms with Gasteiger partial charge in [0.1, 0.15) is 0 Å². The quantitative estimate of drug-likeness (QED) is 0.589. The van der Waals surface area contributed by atoms with Crippen LogP contribution in [0.1, 0.15) is 10.4 Å². The van der Waals surface area contributed by atoms with Gasteiger partial charge in [-0.25, -0.2) is 18.2 Å². The van der Waals surface area contributed by atoms with Crippen molar-refractivity contribution in [1.29, 1.82) is 0 Å². The fourth-order valence-electron chi connectivity index (χ4n) is 2.43. The molecule has 29 heavy (non-hydrogen) atoms. The van der Waals surface area contributed by atoms with E-state index < -0.39 is 28.9 Å². The fraction of sp³-hybridized carbons (Fsp3) is 0.100. The van der Waals surface area contributed by atoms with Crippen LogP contribution in [-0.2, 0) is 0 Å². The van der Waals surface area contributed by atoms with E-state index in [4.69, 9.17) is 9.47 Å². The predicted molar refractivity (Wildman–Crippen MR) is 101 cm³/mol. The number of halogens is 3. The minimum absolute atomic E-state index is 0.212. The maximum absolute atomic E-state index is 13.7. The number of aromatic nitrogens is 1. The lowest BCUT2D eigenvalue weighted by molar-refractivity contribution is 0.102. The van der Waals surface area contributed by atoms with Crippen LogP contribution >= 0.6 is 0 Å². The summed E-state index contributed by atoms with van der Waals surface area (Å²) in [7, 11) is 3.28. The van der Waals surface area contributed by atoms with Crippen LogP contribution in [0.15, 0.2) is 48.7 Å². The second kappa shape index (κ2) is 8.51. The molecule has 1 aromatic heterocycles. The molecule has 0 spiro atoms. The molecular formula is C20H16F3N3O3. The summed E-state index contributed by atoms with van der Waals surface area (Å²) in [5.74, 6) is -4.45. The van der Waals surface area contributed by atoms with Gasteiger partial charge in [-0.05, 0) is 30.3 Å². The van der Waals surface area contributed by atoms with Crippen molar-refractivity contribution in [3.8, 4) is 17.4 Å². The highest BCUT2D eigenvalue weighted by Gasteiger charge is 2.19. The molecule has 0 fully saturated rings. The van der Waals surface area contributed by atoms with E-state index in [1.807, 2.05) is 0 Å². The zero-order valence-electron chi connectivity index (χ0n) is 15.4. The third-order valence-corrected chi connectivity index (χ3v) is 3.94. The smallest absolute Gasteiger partial charge is 0.258 e. The standard InChI is InChI=1S/C20H16F3N3O3/c1-24-11-3-7-15(16(9-11)28-2)29-17-8-4-12(10-25-17)26-20(27)13-5-6-14(21)19(23)18(13)22/h3-10,24H,1-2H3,(H,26,27). The van der Waals surface area contributed by atoms with E-state index in [9.17, 15) is 18.0 Å². The Balaban J connectivity index is 1.72. The van der Waals surface area contributed by atoms with Gasteiger partial charge in [0, 0.05) is 24.9 Å². The molecule has 0 atom stereocenters. The number of carbonyl (C=O) groups is 1. The molecule has 0 saturated carbocycles. The van der Waals surface area contributed by atoms with Crippen molar-refractivity contribution in [3.63, 3.8) is 0 Å². The minimum atomic E-state index is -1.71. The van der Waals surface area contributed by atoms with Gasteiger partial charge in [-0.15, -0.1) is 0 Å². The van der Waals surface area contributed by atoms with Gasteiger partial charge in [-0.1, -0.05) is 0 Å². The number of hydrogen-bond acceptors (Lipinski definition) is 5. The Hall–Kier alpha value is -3.75. The number of nitrogens with zero attached hydrogens (tertiary/aromatic N) is 1. The Morgan fingerprint density at radius 3 is 2.38 bits per heavy atom. The highest BCUT2D eigenvalue weighted by molar-refractivity contribution is 6.04. The van der Waals surface area contributed by atoms with Gasteiger partial charge in [-0.3, -0.25) is 4.79 Å². The third kappa shape index (κ3) is 4.40. The van der Waals surface area contributed by atoms with E-state index in [0.717, 1.165) is 11.8 Å². The first kappa shape index (κ1) is 20.0. The lowest BCUT2D eigenvalue weighted by atomic mass is 10.2. The lowest BCUT2D eigenvalue weighted by Crippen LogP contribution is -2.15. The normalized spacial score (nSPS) is 10.4. The van der Waals surface area contributed by atoms with Gasteiger partial charge in [-0.2, -0.15) is 0 Å². The summed E-state index contributed by atoms with van der Waals surface area (Å²) < 4.78 is 50.9. The molecule has 0 aliphatic heterocycles. The average molecular weight is 403 g/mol. The summed E-state index contributed by atoms with van der Waals surface area (Å²) in [6.45, 7) is 0. The van der Waals surface area contributed by atoms with Crippen LogP contribution in [0.2, 0.25) is 0 Å². The number of ether oxygens (including phenoxy) is 2. The lowest BCUT2D eigenvalue weighted by Gasteiger charge is -2.12. The molecule has 0 aliphatic carbocycles. The zero-order chi connectivity index (χ0) is 21.0. The Bertz CT molecular complexity index is 1040. The molecule has 2 aromatic carbocycles. The summed E-state index contributed by atoms with van der Waals surface area (Å²) in [6, 6.07) is 9.72. The average Bonchev–Trinajstić information content (AvgIpc) is 2.73. The molecule has 2 N–H and O–H groups in total. The van der Waals surface area contributed by atoms with Crippen LogP contribution < -0.4 is 20.1 Å². The molecule has 0 unspecified atom stereocenters. The third-order valence-electron chi connectivity index (χ3n) is 3.94. The summed E-state index contributed by atoms with van der Waals surface area (Å²) in [6.07, 6.45) is 1.28. The van der Waals surface area contributed by atoms with E-state index in [-0.39, 0.29) is 11.6 Å². The highest BCUT2D eigenvalue weighted by atomic mass is 19.2. The summed E-state index contributed by atoms with van der Waals surface area (Å²) in [5.41, 5.74) is 0.423. The van der Waals surface area contributed by atoms with Crippen molar-refractivity contribution in [3.05, 3.63) is 71.7 Å². The van der Waals surface area contributed by atoms with E-state index in [0.29, 0.717) is 17.6 Å². The number of pyridine rings is 1. The van der Waals surface area contributed by atoms with Crippen LogP contribution in [0.4, 0.5) is 24.5 Å². The molecule has 3 rings (SSSR count). The maximum atomic E-state index is 13.7. The molecule has 0 saturated heterocycles. The largest absolute Gasteiger partial charge is 0.493 e. The first-order valence-electron chi connectivity index (χ1n) is 8.37. The molecule has 0 bridgehead atoms. The summed E-state index contributed by atoms with van der Waals surface area (Å²) >= 11 is 0. The first-order chi connectivity index (χ1) is 13.9. The van der Waals surface area contributed by atoms with E-state index in [1.54, 1.807) is 25.2 Å².